The van der Waals surface area contributed by atoms with Crippen molar-refractivity contribution in [3.8, 4) is 11.5 Å². The standard InChI is InChI=1S/C10H11F3O2.C2H6/c1-6(2)8-4-3-7(5-9(8)14)15-10(11,12)13;1-2/h3-6,14H,1-2H3;1-2H3. The summed E-state index contributed by atoms with van der Waals surface area (Å²) in [5.41, 5.74) is 0.588. The number of halogens is 3. The van der Waals surface area contributed by atoms with E-state index < -0.39 is 12.1 Å². The molecule has 0 aliphatic heterocycles. The Labute approximate surface area is 99.0 Å². The second-order valence-corrected chi connectivity index (χ2v) is 3.42. The van der Waals surface area contributed by atoms with Crippen molar-refractivity contribution in [2.75, 3.05) is 0 Å². The molecule has 0 fully saturated rings. The topological polar surface area (TPSA) is 29.5 Å². The molecule has 0 unspecified atom stereocenters. The summed E-state index contributed by atoms with van der Waals surface area (Å²) in [7, 11) is 0. The summed E-state index contributed by atoms with van der Waals surface area (Å²) in [6.45, 7) is 7.67. The number of phenolic OH excluding ortho intramolecular Hbond substituents is 1. The quantitative estimate of drug-likeness (QED) is 0.840. The Hall–Kier alpha value is -1.39. The average molecular weight is 250 g/mol. The van der Waals surface area contributed by atoms with Crippen LogP contribution in [0.25, 0.3) is 0 Å². The minimum absolute atomic E-state index is 0.0462. The van der Waals surface area contributed by atoms with Gasteiger partial charge in [-0.25, -0.2) is 0 Å². The maximum absolute atomic E-state index is 11.8. The molecule has 1 N–H and O–H groups in total. The molecule has 2 nitrogen and oxygen atoms in total. The first-order valence-electron chi connectivity index (χ1n) is 5.38. The highest BCUT2D eigenvalue weighted by Crippen LogP contribution is 2.31. The number of phenols is 1. The van der Waals surface area contributed by atoms with Gasteiger partial charge in [0.15, 0.2) is 0 Å². The number of ether oxygens (including phenoxy) is 1. The van der Waals surface area contributed by atoms with Crippen LogP contribution in [0.15, 0.2) is 18.2 Å². The minimum atomic E-state index is -4.73. The molecule has 0 atom stereocenters. The van der Waals surface area contributed by atoms with E-state index in [9.17, 15) is 18.3 Å². The highest BCUT2D eigenvalue weighted by Gasteiger charge is 2.31. The summed E-state index contributed by atoms with van der Waals surface area (Å²) in [6.07, 6.45) is -4.73. The van der Waals surface area contributed by atoms with E-state index in [0.717, 1.165) is 6.07 Å². The molecule has 0 bridgehead atoms. The molecule has 0 aromatic heterocycles. The van der Waals surface area contributed by atoms with E-state index in [4.69, 9.17) is 0 Å². The van der Waals surface area contributed by atoms with Crippen LogP contribution < -0.4 is 4.74 Å². The Kier molecular flexibility index (Phi) is 5.85. The lowest BCUT2D eigenvalue weighted by Gasteiger charge is -2.12. The van der Waals surface area contributed by atoms with Crippen LogP contribution in [0.2, 0.25) is 0 Å². The summed E-state index contributed by atoms with van der Waals surface area (Å²) in [4.78, 5) is 0. The number of benzene rings is 1. The number of hydrogen-bond donors (Lipinski definition) is 1. The molecule has 0 saturated carbocycles. The van der Waals surface area contributed by atoms with Gasteiger partial charge in [-0.15, -0.1) is 13.2 Å². The van der Waals surface area contributed by atoms with Crippen molar-refractivity contribution in [3.63, 3.8) is 0 Å². The Balaban J connectivity index is 0.00000121. The van der Waals surface area contributed by atoms with E-state index in [1.165, 1.54) is 12.1 Å². The van der Waals surface area contributed by atoms with Gasteiger partial charge in [-0.3, -0.25) is 0 Å². The third kappa shape index (κ3) is 5.47. The third-order valence-electron chi connectivity index (χ3n) is 1.86. The monoisotopic (exact) mass is 250 g/mol. The Morgan fingerprint density at radius 3 is 2.06 bits per heavy atom. The predicted molar refractivity (Wildman–Crippen MR) is 60.2 cm³/mol. The van der Waals surface area contributed by atoms with E-state index in [0.29, 0.717) is 5.56 Å². The molecule has 5 heteroatoms. The van der Waals surface area contributed by atoms with Crippen molar-refractivity contribution in [3.05, 3.63) is 23.8 Å². The molecule has 0 aliphatic carbocycles. The maximum Gasteiger partial charge on any atom is 0.573 e. The highest BCUT2D eigenvalue weighted by atomic mass is 19.4. The SMILES string of the molecule is CC.CC(C)c1ccc(OC(F)(F)F)cc1O. The number of aromatic hydroxyl groups is 1. The zero-order valence-corrected chi connectivity index (χ0v) is 10.3. The molecule has 0 heterocycles. The number of rotatable bonds is 2. The van der Waals surface area contributed by atoms with Gasteiger partial charge in [0, 0.05) is 6.07 Å². The van der Waals surface area contributed by atoms with Gasteiger partial charge in [-0.2, -0.15) is 0 Å². The minimum Gasteiger partial charge on any atom is -0.508 e. The second kappa shape index (κ2) is 6.37. The van der Waals surface area contributed by atoms with Crippen LogP contribution in [0, 0.1) is 0 Å². The molecule has 17 heavy (non-hydrogen) atoms. The second-order valence-electron chi connectivity index (χ2n) is 3.42. The van der Waals surface area contributed by atoms with E-state index in [2.05, 4.69) is 4.74 Å². The molecule has 1 aromatic carbocycles. The van der Waals surface area contributed by atoms with Gasteiger partial charge in [0.2, 0.25) is 0 Å². The predicted octanol–water partition coefficient (Wildman–Crippen LogP) is 4.44. The fourth-order valence-corrected chi connectivity index (χ4v) is 1.21. The van der Waals surface area contributed by atoms with Crippen molar-refractivity contribution in [1.82, 2.24) is 0 Å². The van der Waals surface area contributed by atoms with Gasteiger partial charge in [0.1, 0.15) is 11.5 Å². The first-order chi connectivity index (χ1) is 7.79. The fourth-order valence-electron chi connectivity index (χ4n) is 1.21. The number of alkyl halides is 3. The van der Waals surface area contributed by atoms with E-state index >= 15 is 0 Å². The summed E-state index contributed by atoms with van der Waals surface area (Å²) in [5, 5.41) is 9.41. The molecule has 0 amide bonds. The molecule has 1 aromatic rings. The Morgan fingerprint density at radius 1 is 1.18 bits per heavy atom. The molecular formula is C12H17F3O2. The van der Waals surface area contributed by atoms with E-state index in [1.807, 2.05) is 27.7 Å². The highest BCUT2D eigenvalue weighted by molar-refractivity contribution is 5.41. The summed E-state index contributed by atoms with van der Waals surface area (Å²) < 4.78 is 39.1. The van der Waals surface area contributed by atoms with E-state index in [-0.39, 0.29) is 11.7 Å². The molecule has 1 rings (SSSR count). The zero-order valence-electron chi connectivity index (χ0n) is 10.3. The Morgan fingerprint density at radius 2 is 1.71 bits per heavy atom. The van der Waals surface area contributed by atoms with Gasteiger partial charge >= 0.3 is 6.36 Å². The van der Waals surface area contributed by atoms with Crippen molar-refractivity contribution < 1.29 is 23.0 Å². The lowest BCUT2D eigenvalue weighted by atomic mass is 10.0. The largest absolute Gasteiger partial charge is 0.573 e. The van der Waals surface area contributed by atoms with Crippen LogP contribution in [-0.4, -0.2) is 11.5 Å². The van der Waals surface area contributed by atoms with Crippen molar-refractivity contribution >= 4 is 0 Å². The first kappa shape index (κ1) is 15.6. The molecule has 98 valence electrons. The lowest BCUT2D eigenvalue weighted by Crippen LogP contribution is -2.17. The summed E-state index contributed by atoms with van der Waals surface area (Å²) >= 11 is 0. The number of hydrogen-bond acceptors (Lipinski definition) is 2. The summed E-state index contributed by atoms with van der Waals surface area (Å²) in [6, 6.07) is 3.56. The molecule has 0 aliphatic rings. The van der Waals surface area contributed by atoms with Crippen LogP contribution in [0.5, 0.6) is 11.5 Å². The van der Waals surface area contributed by atoms with E-state index in [1.54, 1.807) is 0 Å². The third-order valence-corrected chi connectivity index (χ3v) is 1.86. The van der Waals surface area contributed by atoms with Crippen molar-refractivity contribution in [1.29, 1.82) is 0 Å². The lowest BCUT2D eigenvalue weighted by molar-refractivity contribution is -0.274. The molecule has 0 spiro atoms. The maximum atomic E-state index is 11.8. The van der Waals surface area contributed by atoms with Crippen LogP contribution >= 0.6 is 0 Å². The average Bonchev–Trinajstić information content (AvgIpc) is 2.17. The normalized spacial score (nSPS) is 10.8. The molecule has 0 radical (unpaired) electrons. The van der Waals surface area contributed by atoms with Gasteiger partial charge in [-0.05, 0) is 17.5 Å². The Bertz CT molecular complexity index is 346. The van der Waals surface area contributed by atoms with Gasteiger partial charge < -0.3 is 9.84 Å². The fraction of sp³-hybridized carbons (Fsp3) is 0.500. The van der Waals surface area contributed by atoms with Crippen LogP contribution in [0.4, 0.5) is 13.2 Å². The van der Waals surface area contributed by atoms with Gasteiger partial charge in [0.25, 0.3) is 0 Å². The van der Waals surface area contributed by atoms with Crippen LogP contribution in [0.1, 0.15) is 39.2 Å². The van der Waals surface area contributed by atoms with Gasteiger partial charge in [-0.1, -0.05) is 33.8 Å². The van der Waals surface area contributed by atoms with Crippen molar-refractivity contribution in [2.24, 2.45) is 0 Å². The smallest absolute Gasteiger partial charge is 0.508 e. The summed E-state index contributed by atoms with van der Waals surface area (Å²) in [5.74, 6) is -0.555. The molecular weight excluding hydrogens is 233 g/mol. The van der Waals surface area contributed by atoms with Crippen LogP contribution in [-0.2, 0) is 0 Å². The van der Waals surface area contributed by atoms with Crippen LogP contribution in [0.3, 0.4) is 0 Å². The van der Waals surface area contributed by atoms with Crippen molar-refractivity contribution in [2.45, 2.75) is 40.0 Å². The first-order valence-corrected chi connectivity index (χ1v) is 5.38. The van der Waals surface area contributed by atoms with Gasteiger partial charge in [0.05, 0.1) is 0 Å². The molecule has 0 saturated heterocycles. The zero-order chi connectivity index (χ0) is 13.6.